The minimum atomic E-state index is -3.53. The van der Waals surface area contributed by atoms with Crippen LogP contribution >= 0.6 is 0 Å². The van der Waals surface area contributed by atoms with Crippen molar-refractivity contribution in [1.82, 2.24) is 0 Å². The molecule has 0 radical (unpaired) electrons. The lowest BCUT2D eigenvalue weighted by molar-refractivity contribution is -0.136. The van der Waals surface area contributed by atoms with Gasteiger partial charge < -0.3 is 10.0 Å². The summed E-state index contributed by atoms with van der Waals surface area (Å²) in [7, 11) is -3.53. The van der Waals surface area contributed by atoms with E-state index in [-0.39, 0.29) is 18.4 Å². The van der Waals surface area contributed by atoms with Crippen molar-refractivity contribution in [3.8, 4) is 11.1 Å². The quantitative estimate of drug-likeness (QED) is 0.768. The second kappa shape index (κ2) is 7.55. The number of fused-ring (bicyclic) bond motifs is 3. The minimum absolute atomic E-state index is 0.131. The van der Waals surface area contributed by atoms with E-state index in [1.165, 1.54) is 10.6 Å². The molecular formula is C24H30N2O4S. The Morgan fingerprint density at radius 2 is 1.77 bits per heavy atom. The van der Waals surface area contributed by atoms with Crippen LogP contribution in [0.25, 0.3) is 11.1 Å². The van der Waals surface area contributed by atoms with Gasteiger partial charge in [0.2, 0.25) is 10.0 Å². The summed E-state index contributed by atoms with van der Waals surface area (Å²) in [4.78, 5) is 14.0. The Bertz CT molecular complexity index is 1140. The van der Waals surface area contributed by atoms with Crippen LogP contribution in [-0.4, -0.2) is 38.8 Å². The fourth-order valence-corrected chi connectivity index (χ4v) is 5.74. The van der Waals surface area contributed by atoms with Crippen molar-refractivity contribution in [1.29, 1.82) is 0 Å². The molecule has 2 aliphatic heterocycles. The summed E-state index contributed by atoms with van der Waals surface area (Å²) in [6.07, 6.45) is 3.14. The van der Waals surface area contributed by atoms with E-state index in [9.17, 15) is 18.3 Å². The molecular weight excluding hydrogens is 412 g/mol. The zero-order chi connectivity index (χ0) is 22.6. The second-order valence-electron chi connectivity index (χ2n) is 9.54. The monoisotopic (exact) mass is 442 g/mol. The van der Waals surface area contributed by atoms with E-state index in [0.29, 0.717) is 11.3 Å². The van der Waals surface area contributed by atoms with Gasteiger partial charge in [0.1, 0.15) is 0 Å². The van der Waals surface area contributed by atoms with Crippen molar-refractivity contribution in [2.75, 3.05) is 28.6 Å². The summed E-state index contributed by atoms with van der Waals surface area (Å²) in [5.74, 6) is -0.913. The van der Waals surface area contributed by atoms with Gasteiger partial charge in [-0.3, -0.25) is 9.10 Å². The van der Waals surface area contributed by atoms with E-state index in [2.05, 4.69) is 18.7 Å². The number of benzene rings is 2. The van der Waals surface area contributed by atoms with Gasteiger partial charge in [-0.15, -0.1) is 0 Å². The first-order chi connectivity index (χ1) is 14.5. The molecule has 1 saturated heterocycles. The molecule has 0 saturated carbocycles. The molecule has 0 unspecified atom stereocenters. The highest BCUT2D eigenvalue weighted by Gasteiger charge is 2.34. The Kier molecular flexibility index (Phi) is 5.28. The maximum atomic E-state index is 12.7. The van der Waals surface area contributed by atoms with Crippen molar-refractivity contribution >= 4 is 27.4 Å². The van der Waals surface area contributed by atoms with Crippen LogP contribution in [0.15, 0.2) is 30.3 Å². The van der Waals surface area contributed by atoms with E-state index in [0.717, 1.165) is 53.9 Å². The molecule has 0 bridgehead atoms. The van der Waals surface area contributed by atoms with E-state index >= 15 is 0 Å². The maximum Gasteiger partial charge on any atom is 0.307 e. The fourth-order valence-electron chi connectivity index (χ4n) is 4.80. The summed E-state index contributed by atoms with van der Waals surface area (Å²) in [5, 5.41) is 9.63. The predicted octanol–water partition coefficient (Wildman–Crippen LogP) is 4.20. The van der Waals surface area contributed by atoms with E-state index in [4.69, 9.17) is 0 Å². The summed E-state index contributed by atoms with van der Waals surface area (Å²) in [6.45, 7) is 8.36. The largest absolute Gasteiger partial charge is 0.481 e. The molecule has 2 aromatic carbocycles. The zero-order valence-electron chi connectivity index (χ0n) is 18.6. The van der Waals surface area contributed by atoms with Gasteiger partial charge in [0, 0.05) is 24.3 Å². The van der Waals surface area contributed by atoms with E-state index < -0.39 is 16.0 Å². The van der Waals surface area contributed by atoms with Gasteiger partial charge in [0.25, 0.3) is 0 Å². The number of carboxylic acids is 1. The normalized spacial score (nSPS) is 17.8. The van der Waals surface area contributed by atoms with Gasteiger partial charge in [0.05, 0.1) is 24.9 Å². The third-order valence-corrected chi connectivity index (χ3v) is 7.82. The number of piperidine rings is 1. The average Bonchev–Trinajstić information content (AvgIpc) is 2.68. The number of anilines is 2. The van der Waals surface area contributed by atoms with Gasteiger partial charge in [0.15, 0.2) is 0 Å². The molecule has 166 valence electrons. The number of carboxylic acid groups (broad SMARTS) is 1. The van der Waals surface area contributed by atoms with Gasteiger partial charge in [-0.25, -0.2) is 8.42 Å². The maximum absolute atomic E-state index is 12.7. The average molecular weight is 443 g/mol. The molecule has 0 atom stereocenters. The van der Waals surface area contributed by atoms with Crippen LogP contribution in [0, 0.1) is 12.3 Å². The highest BCUT2D eigenvalue weighted by Crippen LogP contribution is 2.47. The number of carbonyl (C=O) groups is 1. The standard InChI is InChI=1S/C24H30N2O4S/c1-16-19(14-22(27)28)21(25-11-9-24(2,3)10-12-25)13-20-18-8-6-5-7-17(18)15-26(23(16)20)31(4,29)30/h5-8,13H,9-12,14-15H2,1-4H3,(H,27,28). The number of nitrogens with zero attached hydrogens (tertiary/aromatic N) is 2. The molecule has 7 heteroatoms. The van der Waals surface area contributed by atoms with E-state index in [1.54, 1.807) is 0 Å². The lowest BCUT2D eigenvalue weighted by Crippen LogP contribution is -2.38. The second-order valence-corrected chi connectivity index (χ2v) is 11.5. The van der Waals surface area contributed by atoms with Crippen LogP contribution in [0.3, 0.4) is 0 Å². The first-order valence-electron chi connectivity index (χ1n) is 10.7. The highest BCUT2D eigenvalue weighted by atomic mass is 32.2. The van der Waals surface area contributed by atoms with Crippen LogP contribution in [0.5, 0.6) is 0 Å². The number of hydrogen-bond acceptors (Lipinski definition) is 4. The highest BCUT2D eigenvalue weighted by molar-refractivity contribution is 7.92. The number of hydrogen-bond donors (Lipinski definition) is 1. The van der Waals surface area contributed by atoms with Crippen molar-refractivity contribution in [3.05, 3.63) is 47.0 Å². The van der Waals surface area contributed by atoms with Crippen LogP contribution in [0.2, 0.25) is 0 Å². The van der Waals surface area contributed by atoms with Gasteiger partial charge in [-0.2, -0.15) is 0 Å². The lowest BCUT2D eigenvalue weighted by atomic mass is 9.82. The SMILES string of the molecule is Cc1c(CC(=O)O)c(N2CCC(C)(C)CC2)cc2c1N(S(C)(=O)=O)Cc1ccccc1-2. The molecule has 31 heavy (non-hydrogen) atoms. The topological polar surface area (TPSA) is 77.9 Å². The molecule has 2 aliphatic rings. The van der Waals surface area contributed by atoms with Gasteiger partial charge >= 0.3 is 5.97 Å². The smallest absolute Gasteiger partial charge is 0.307 e. The summed E-state index contributed by atoms with van der Waals surface area (Å²) < 4.78 is 26.8. The Morgan fingerprint density at radius 3 is 2.39 bits per heavy atom. The Labute approximate surface area is 184 Å². The number of rotatable bonds is 4. The summed E-state index contributed by atoms with van der Waals surface area (Å²) in [5.41, 5.74) is 6.07. The van der Waals surface area contributed by atoms with Crippen molar-refractivity contribution in [3.63, 3.8) is 0 Å². The summed E-state index contributed by atoms with van der Waals surface area (Å²) in [6, 6.07) is 9.88. The first-order valence-corrected chi connectivity index (χ1v) is 12.5. The van der Waals surface area contributed by atoms with Crippen molar-refractivity contribution in [2.24, 2.45) is 5.41 Å². The molecule has 1 N–H and O–H groups in total. The van der Waals surface area contributed by atoms with Crippen LogP contribution < -0.4 is 9.21 Å². The number of sulfonamides is 1. The predicted molar refractivity (Wildman–Crippen MR) is 124 cm³/mol. The molecule has 2 aromatic rings. The number of aliphatic carboxylic acids is 1. The Balaban J connectivity index is 1.96. The van der Waals surface area contributed by atoms with Crippen LogP contribution in [-0.2, 0) is 27.8 Å². The molecule has 1 fully saturated rings. The van der Waals surface area contributed by atoms with Crippen LogP contribution in [0.4, 0.5) is 11.4 Å². The molecule has 0 aromatic heterocycles. The third-order valence-electron chi connectivity index (χ3n) is 6.71. The molecule has 0 aliphatic carbocycles. The molecule has 4 rings (SSSR count). The van der Waals surface area contributed by atoms with Crippen molar-refractivity contribution < 1.29 is 18.3 Å². The molecule has 6 nitrogen and oxygen atoms in total. The first kappa shape index (κ1) is 21.7. The van der Waals surface area contributed by atoms with Crippen molar-refractivity contribution in [2.45, 2.75) is 46.6 Å². The molecule has 0 spiro atoms. The Hall–Kier alpha value is -2.54. The van der Waals surface area contributed by atoms with Gasteiger partial charge in [-0.1, -0.05) is 38.1 Å². The Morgan fingerprint density at radius 1 is 1.13 bits per heavy atom. The zero-order valence-corrected chi connectivity index (χ0v) is 19.4. The fraction of sp³-hybridized carbons (Fsp3) is 0.458. The minimum Gasteiger partial charge on any atom is -0.481 e. The molecule has 2 heterocycles. The lowest BCUT2D eigenvalue weighted by Gasteiger charge is -2.41. The van der Waals surface area contributed by atoms with E-state index in [1.807, 2.05) is 37.3 Å². The molecule has 0 amide bonds. The van der Waals surface area contributed by atoms with Crippen LogP contribution in [0.1, 0.15) is 43.4 Å². The summed E-state index contributed by atoms with van der Waals surface area (Å²) >= 11 is 0. The van der Waals surface area contributed by atoms with Gasteiger partial charge in [-0.05, 0) is 53.5 Å². The third kappa shape index (κ3) is 4.03.